The molecule has 18 heavy (non-hydrogen) atoms. The van der Waals surface area contributed by atoms with Crippen molar-refractivity contribution in [2.45, 2.75) is 25.2 Å². The van der Waals surface area contributed by atoms with Crippen molar-refractivity contribution in [2.75, 3.05) is 11.9 Å². The van der Waals surface area contributed by atoms with Crippen molar-refractivity contribution in [3.8, 4) is 0 Å². The molecule has 1 aliphatic rings. The highest BCUT2D eigenvalue weighted by Crippen LogP contribution is 2.37. The van der Waals surface area contributed by atoms with Crippen LogP contribution in [-0.4, -0.2) is 21.7 Å². The molecule has 0 unspecified atom stereocenters. The smallest absolute Gasteiger partial charge is 0.153 e. The van der Waals surface area contributed by atoms with Gasteiger partial charge >= 0.3 is 0 Å². The maximum absolute atomic E-state index is 4.50. The van der Waals surface area contributed by atoms with E-state index in [1.807, 2.05) is 12.1 Å². The number of anilines is 1. The van der Waals surface area contributed by atoms with Crippen molar-refractivity contribution in [1.29, 1.82) is 0 Å². The fourth-order valence-corrected chi connectivity index (χ4v) is 2.10. The Labute approximate surface area is 114 Å². The molecule has 0 spiro atoms. The first-order chi connectivity index (χ1) is 8.81. The molecule has 2 aromatic rings. The molecule has 4 nitrogen and oxygen atoms in total. The second kappa shape index (κ2) is 5.10. The summed E-state index contributed by atoms with van der Waals surface area (Å²) in [5, 5.41) is 10.6. The van der Waals surface area contributed by atoms with E-state index in [9.17, 15) is 0 Å². The summed E-state index contributed by atoms with van der Waals surface area (Å²) in [4.78, 5) is 4.50. The summed E-state index contributed by atoms with van der Waals surface area (Å²) >= 11 is 3.42. The molecule has 94 valence electrons. The normalized spacial score (nSPS) is 14.7. The van der Waals surface area contributed by atoms with Crippen molar-refractivity contribution in [3.05, 3.63) is 40.4 Å². The quantitative estimate of drug-likeness (QED) is 0.892. The summed E-state index contributed by atoms with van der Waals surface area (Å²) < 4.78 is 1.09. The molecule has 1 fully saturated rings. The largest absolute Gasteiger partial charge is 0.385 e. The number of halogens is 1. The van der Waals surface area contributed by atoms with E-state index in [4.69, 9.17) is 0 Å². The Morgan fingerprint density at radius 1 is 1.28 bits per heavy atom. The monoisotopic (exact) mass is 306 g/mol. The van der Waals surface area contributed by atoms with Crippen LogP contribution in [0.25, 0.3) is 0 Å². The molecule has 1 saturated carbocycles. The lowest BCUT2D eigenvalue weighted by atomic mass is 10.3. The maximum Gasteiger partial charge on any atom is 0.153 e. The van der Waals surface area contributed by atoms with Crippen LogP contribution in [-0.2, 0) is 6.42 Å². The van der Waals surface area contributed by atoms with Gasteiger partial charge in [0.2, 0.25) is 0 Å². The van der Waals surface area contributed by atoms with Crippen LogP contribution in [0, 0.1) is 0 Å². The predicted molar refractivity (Wildman–Crippen MR) is 74.7 cm³/mol. The van der Waals surface area contributed by atoms with Gasteiger partial charge in [-0.05, 0) is 37.1 Å². The number of nitrogens with one attached hydrogen (secondary N) is 2. The minimum absolute atomic E-state index is 0.620. The Morgan fingerprint density at radius 3 is 2.78 bits per heavy atom. The van der Waals surface area contributed by atoms with Crippen LogP contribution in [0.4, 0.5) is 5.69 Å². The average molecular weight is 307 g/mol. The van der Waals surface area contributed by atoms with E-state index in [0.29, 0.717) is 5.92 Å². The first-order valence-electron chi connectivity index (χ1n) is 6.22. The fourth-order valence-electron chi connectivity index (χ4n) is 1.84. The third kappa shape index (κ3) is 2.90. The second-order valence-corrected chi connectivity index (χ2v) is 5.51. The number of aromatic nitrogens is 3. The SMILES string of the molecule is Brc1ccc(NCCc2nc(C3CC3)n[nH]2)cc1. The third-order valence-corrected chi connectivity index (χ3v) is 3.56. The van der Waals surface area contributed by atoms with Crippen LogP contribution in [0.15, 0.2) is 28.7 Å². The Kier molecular flexibility index (Phi) is 3.32. The number of H-pyrrole nitrogens is 1. The number of rotatable bonds is 5. The van der Waals surface area contributed by atoms with Gasteiger partial charge in [-0.2, -0.15) is 5.10 Å². The van der Waals surface area contributed by atoms with Gasteiger partial charge in [0.25, 0.3) is 0 Å². The molecular weight excluding hydrogens is 292 g/mol. The topological polar surface area (TPSA) is 53.6 Å². The van der Waals surface area contributed by atoms with Crippen LogP contribution in [0.2, 0.25) is 0 Å². The van der Waals surface area contributed by atoms with Gasteiger partial charge in [0, 0.05) is 29.0 Å². The first kappa shape index (κ1) is 11.7. The van der Waals surface area contributed by atoms with Gasteiger partial charge in [-0.3, -0.25) is 5.10 Å². The summed E-state index contributed by atoms with van der Waals surface area (Å²) in [6, 6.07) is 8.17. The minimum Gasteiger partial charge on any atom is -0.385 e. The van der Waals surface area contributed by atoms with Crippen LogP contribution in [0.1, 0.15) is 30.4 Å². The van der Waals surface area contributed by atoms with Gasteiger partial charge < -0.3 is 5.32 Å². The van der Waals surface area contributed by atoms with Crippen LogP contribution >= 0.6 is 15.9 Å². The summed E-state index contributed by atoms with van der Waals surface area (Å²) in [6.07, 6.45) is 3.36. The maximum atomic E-state index is 4.50. The Bertz CT molecular complexity index is 516. The molecule has 1 heterocycles. The molecule has 1 aromatic carbocycles. The lowest BCUT2D eigenvalue weighted by Gasteiger charge is -2.04. The molecule has 0 bridgehead atoms. The summed E-state index contributed by atoms with van der Waals surface area (Å²) in [7, 11) is 0. The zero-order valence-electron chi connectivity index (χ0n) is 9.99. The van der Waals surface area contributed by atoms with Gasteiger partial charge in [-0.1, -0.05) is 15.9 Å². The van der Waals surface area contributed by atoms with Crippen molar-refractivity contribution in [3.63, 3.8) is 0 Å². The molecule has 2 N–H and O–H groups in total. The molecule has 3 rings (SSSR count). The standard InChI is InChI=1S/C13H15BrN4/c14-10-3-5-11(6-4-10)15-8-7-12-16-13(18-17-12)9-1-2-9/h3-6,9,15H,1-2,7-8H2,(H,16,17,18). The number of aromatic amines is 1. The summed E-state index contributed by atoms with van der Waals surface area (Å²) in [6.45, 7) is 0.862. The number of nitrogens with zero attached hydrogens (tertiary/aromatic N) is 2. The van der Waals surface area contributed by atoms with Crippen LogP contribution in [0.5, 0.6) is 0 Å². The zero-order valence-corrected chi connectivity index (χ0v) is 11.6. The first-order valence-corrected chi connectivity index (χ1v) is 7.01. The van der Waals surface area contributed by atoms with E-state index in [1.54, 1.807) is 0 Å². The van der Waals surface area contributed by atoms with E-state index in [2.05, 4.69) is 48.6 Å². The van der Waals surface area contributed by atoms with E-state index in [0.717, 1.165) is 34.8 Å². The van der Waals surface area contributed by atoms with Gasteiger partial charge in [0.1, 0.15) is 5.82 Å². The molecule has 0 radical (unpaired) electrons. The highest BCUT2D eigenvalue weighted by Gasteiger charge is 2.27. The number of hydrogen-bond acceptors (Lipinski definition) is 3. The number of hydrogen-bond donors (Lipinski definition) is 2. The van der Waals surface area contributed by atoms with Crippen molar-refractivity contribution >= 4 is 21.6 Å². The highest BCUT2D eigenvalue weighted by atomic mass is 79.9. The van der Waals surface area contributed by atoms with Crippen molar-refractivity contribution in [1.82, 2.24) is 15.2 Å². The van der Waals surface area contributed by atoms with Gasteiger partial charge in [-0.25, -0.2) is 4.98 Å². The summed E-state index contributed by atoms with van der Waals surface area (Å²) in [5.74, 6) is 2.59. The van der Waals surface area contributed by atoms with Gasteiger partial charge in [0.15, 0.2) is 5.82 Å². The van der Waals surface area contributed by atoms with Crippen molar-refractivity contribution in [2.24, 2.45) is 0 Å². The Hall–Kier alpha value is -1.36. The van der Waals surface area contributed by atoms with E-state index < -0.39 is 0 Å². The zero-order chi connectivity index (χ0) is 12.4. The van der Waals surface area contributed by atoms with Gasteiger partial charge in [-0.15, -0.1) is 0 Å². The molecule has 5 heteroatoms. The predicted octanol–water partition coefficient (Wildman–Crippen LogP) is 3.10. The average Bonchev–Trinajstić information content (AvgIpc) is 3.12. The van der Waals surface area contributed by atoms with Crippen LogP contribution < -0.4 is 5.32 Å². The summed E-state index contributed by atoms with van der Waals surface area (Å²) in [5.41, 5.74) is 1.13. The molecule has 0 atom stereocenters. The fraction of sp³-hybridized carbons (Fsp3) is 0.385. The molecule has 1 aromatic heterocycles. The number of benzene rings is 1. The van der Waals surface area contributed by atoms with E-state index >= 15 is 0 Å². The molecule has 0 aliphatic heterocycles. The van der Waals surface area contributed by atoms with Crippen LogP contribution in [0.3, 0.4) is 0 Å². The molecule has 1 aliphatic carbocycles. The Morgan fingerprint density at radius 2 is 2.06 bits per heavy atom. The highest BCUT2D eigenvalue weighted by molar-refractivity contribution is 9.10. The molecule has 0 saturated heterocycles. The van der Waals surface area contributed by atoms with Gasteiger partial charge in [0.05, 0.1) is 0 Å². The second-order valence-electron chi connectivity index (χ2n) is 4.60. The van der Waals surface area contributed by atoms with E-state index in [-0.39, 0.29) is 0 Å². The Balaban J connectivity index is 1.49. The molecule has 0 amide bonds. The lowest BCUT2D eigenvalue weighted by Crippen LogP contribution is -2.05. The van der Waals surface area contributed by atoms with E-state index in [1.165, 1.54) is 12.8 Å². The lowest BCUT2D eigenvalue weighted by molar-refractivity contribution is 0.901. The molecular formula is C13H15BrN4. The van der Waals surface area contributed by atoms with Crippen molar-refractivity contribution < 1.29 is 0 Å². The minimum atomic E-state index is 0.620. The third-order valence-electron chi connectivity index (χ3n) is 3.03.